The third-order valence-electron chi connectivity index (χ3n) is 5.06. The largest absolute Gasteiger partial charge is 0.489 e. The molecule has 1 saturated heterocycles. The fourth-order valence-corrected chi connectivity index (χ4v) is 2.74. The van der Waals surface area contributed by atoms with Crippen LogP contribution in [0.5, 0.6) is 5.75 Å². The van der Waals surface area contributed by atoms with Gasteiger partial charge in [0.05, 0.1) is 17.1 Å². The number of hydrogen-bond donors (Lipinski definition) is 1. The van der Waals surface area contributed by atoms with Gasteiger partial charge in [-0.25, -0.2) is 0 Å². The van der Waals surface area contributed by atoms with E-state index >= 15 is 0 Å². The molecule has 0 spiro atoms. The molecule has 5 heteroatoms. The molecule has 25 heavy (non-hydrogen) atoms. The minimum Gasteiger partial charge on any atom is -0.489 e. The first-order chi connectivity index (χ1) is 11.8. The maximum absolute atomic E-state index is 6.41. The van der Waals surface area contributed by atoms with E-state index in [9.17, 15) is 0 Å². The Morgan fingerprint density at radius 2 is 1.60 bits per heavy atom. The smallest absolute Gasteiger partial charge is 0.480 e. The Hall–Kier alpha value is -1.82. The summed E-state index contributed by atoms with van der Waals surface area (Å²) in [6.45, 7) is 8.63. The standard InChI is InChI=1S/C20H26BNO3/c1-19(2)20(3,4)25-21(24-19)18(22)16-11-8-12-17(13-16)23-14-15-9-6-5-7-10-15/h5-13,18H,14,22H2,1-4H3/t18-/m0/s1. The summed E-state index contributed by atoms with van der Waals surface area (Å²) in [5.74, 6) is 0.412. The molecular weight excluding hydrogens is 313 g/mol. The molecule has 2 N–H and O–H groups in total. The summed E-state index contributed by atoms with van der Waals surface area (Å²) in [4.78, 5) is 0. The zero-order valence-electron chi connectivity index (χ0n) is 15.4. The Labute approximate surface area is 150 Å². The summed E-state index contributed by atoms with van der Waals surface area (Å²) in [7, 11) is -0.477. The molecule has 0 radical (unpaired) electrons. The van der Waals surface area contributed by atoms with Gasteiger partial charge in [0.2, 0.25) is 0 Å². The van der Waals surface area contributed by atoms with Crippen molar-refractivity contribution in [1.29, 1.82) is 0 Å². The van der Waals surface area contributed by atoms with Crippen molar-refractivity contribution < 1.29 is 14.0 Å². The van der Waals surface area contributed by atoms with Gasteiger partial charge in [-0.3, -0.25) is 0 Å². The molecule has 0 bridgehead atoms. The lowest BCUT2D eigenvalue weighted by Crippen LogP contribution is -2.41. The highest BCUT2D eigenvalue weighted by Gasteiger charge is 2.53. The third-order valence-corrected chi connectivity index (χ3v) is 5.06. The van der Waals surface area contributed by atoms with Crippen molar-refractivity contribution in [3.05, 3.63) is 65.7 Å². The molecule has 1 fully saturated rings. The molecule has 4 nitrogen and oxygen atoms in total. The Morgan fingerprint density at radius 3 is 2.24 bits per heavy atom. The highest BCUT2D eigenvalue weighted by molar-refractivity contribution is 6.47. The van der Waals surface area contributed by atoms with Crippen LogP contribution in [-0.4, -0.2) is 18.3 Å². The minimum absolute atomic E-state index is 0.374. The summed E-state index contributed by atoms with van der Waals surface area (Å²) >= 11 is 0. The van der Waals surface area contributed by atoms with Crippen LogP contribution in [-0.2, 0) is 15.9 Å². The van der Waals surface area contributed by atoms with Gasteiger partial charge in [0.1, 0.15) is 12.4 Å². The maximum Gasteiger partial charge on any atom is 0.480 e. The first kappa shape index (κ1) is 18.0. The lowest BCUT2D eigenvalue weighted by atomic mass is 9.75. The highest BCUT2D eigenvalue weighted by atomic mass is 16.7. The van der Waals surface area contributed by atoms with Crippen LogP contribution in [0.25, 0.3) is 0 Å². The number of hydrogen-bond acceptors (Lipinski definition) is 4. The van der Waals surface area contributed by atoms with E-state index in [1.165, 1.54) is 0 Å². The molecule has 1 heterocycles. The minimum atomic E-state index is -0.477. The predicted octanol–water partition coefficient (Wildman–Crippen LogP) is 3.90. The Kier molecular flexibility index (Phi) is 4.91. The van der Waals surface area contributed by atoms with E-state index in [0.717, 1.165) is 16.9 Å². The van der Waals surface area contributed by atoms with Gasteiger partial charge in [0.15, 0.2) is 0 Å². The molecule has 3 rings (SSSR count). The van der Waals surface area contributed by atoms with Crippen molar-refractivity contribution in [1.82, 2.24) is 0 Å². The van der Waals surface area contributed by atoms with Crippen LogP contribution in [0, 0.1) is 0 Å². The summed E-state index contributed by atoms with van der Waals surface area (Å²) in [6.07, 6.45) is 0. The van der Waals surface area contributed by atoms with Crippen LogP contribution in [0.3, 0.4) is 0 Å². The van der Waals surface area contributed by atoms with Crippen LogP contribution < -0.4 is 10.5 Å². The molecule has 1 atom stereocenters. The molecule has 0 aromatic heterocycles. The van der Waals surface area contributed by atoms with E-state index in [1.54, 1.807) is 0 Å². The van der Waals surface area contributed by atoms with E-state index in [-0.39, 0.29) is 5.94 Å². The topological polar surface area (TPSA) is 53.7 Å². The predicted molar refractivity (Wildman–Crippen MR) is 100 cm³/mol. The van der Waals surface area contributed by atoms with E-state index in [1.807, 2.05) is 82.3 Å². The second kappa shape index (κ2) is 6.83. The molecule has 2 aromatic rings. The van der Waals surface area contributed by atoms with Crippen molar-refractivity contribution in [2.24, 2.45) is 5.73 Å². The number of rotatable bonds is 5. The summed E-state index contributed by atoms with van der Waals surface area (Å²) in [6, 6.07) is 17.9. The van der Waals surface area contributed by atoms with E-state index in [4.69, 9.17) is 19.8 Å². The van der Waals surface area contributed by atoms with Gasteiger partial charge >= 0.3 is 7.12 Å². The third kappa shape index (κ3) is 3.89. The Bertz CT molecular complexity index is 702. The van der Waals surface area contributed by atoms with Crippen LogP contribution in [0.2, 0.25) is 0 Å². The number of nitrogens with two attached hydrogens (primary N) is 1. The second-order valence-corrected chi connectivity index (χ2v) is 7.50. The van der Waals surface area contributed by atoms with Gasteiger partial charge in [-0.1, -0.05) is 42.5 Å². The maximum atomic E-state index is 6.41. The summed E-state index contributed by atoms with van der Waals surface area (Å²) in [5.41, 5.74) is 7.69. The van der Waals surface area contributed by atoms with E-state index in [2.05, 4.69) is 0 Å². The molecular formula is C20H26BNO3. The summed E-state index contributed by atoms with van der Waals surface area (Å²) < 4.78 is 18.0. The van der Waals surface area contributed by atoms with Crippen molar-refractivity contribution in [3.8, 4) is 5.75 Å². The fraction of sp³-hybridized carbons (Fsp3) is 0.400. The molecule has 132 valence electrons. The number of benzene rings is 2. The molecule has 1 aliphatic heterocycles. The number of ether oxygens (including phenoxy) is 1. The Balaban J connectivity index is 1.69. The molecule has 0 aliphatic carbocycles. The van der Waals surface area contributed by atoms with Crippen LogP contribution in [0.4, 0.5) is 0 Å². The average molecular weight is 339 g/mol. The van der Waals surface area contributed by atoms with Crippen LogP contribution >= 0.6 is 0 Å². The normalized spacial score (nSPS) is 19.6. The Morgan fingerprint density at radius 1 is 0.960 bits per heavy atom. The van der Waals surface area contributed by atoms with Gasteiger partial charge in [-0.05, 0) is 51.0 Å². The van der Waals surface area contributed by atoms with Crippen LogP contribution in [0.15, 0.2) is 54.6 Å². The van der Waals surface area contributed by atoms with Gasteiger partial charge < -0.3 is 19.8 Å². The van der Waals surface area contributed by atoms with Gasteiger partial charge in [-0.2, -0.15) is 0 Å². The van der Waals surface area contributed by atoms with Gasteiger partial charge in [0, 0.05) is 0 Å². The van der Waals surface area contributed by atoms with E-state index in [0.29, 0.717) is 6.61 Å². The zero-order valence-corrected chi connectivity index (χ0v) is 15.4. The lowest BCUT2D eigenvalue weighted by Gasteiger charge is -2.32. The van der Waals surface area contributed by atoms with Gasteiger partial charge in [-0.15, -0.1) is 0 Å². The first-order valence-electron chi connectivity index (χ1n) is 8.66. The zero-order chi connectivity index (χ0) is 18.1. The molecule has 0 saturated carbocycles. The first-order valence-corrected chi connectivity index (χ1v) is 8.66. The highest BCUT2D eigenvalue weighted by Crippen LogP contribution is 2.39. The van der Waals surface area contributed by atoms with Crippen molar-refractivity contribution in [3.63, 3.8) is 0 Å². The molecule has 2 aromatic carbocycles. The van der Waals surface area contributed by atoms with Crippen molar-refractivity contribution in [2.45, 2.75) is 51.4 Å². The molecule has 0 amide bonds. The van der Waals surface area contributed by atoms with Crippen molar-refractivity contribution in [2.75, 3.05) is 0 Å². The quantitative estimate of drug-likeness (QED) is 0.840. The molecule has 0 unspecified atom stereocenters. The second-order valence-electron chi connectivity index (χ2n) is 7.50. The van der Waals surface area contributed by atoms with Crippen molar-refractivity contribution >= 4 is 7.12 Å². The average Bonchev–Trinajstić information content (AvgIpc) is 2.81. The monoisotopic (exact) mass is 339 g/mol. The lowest BCUT2D eigenvalue weighted by molar-refractivity contribution is 0.00578. The van der Waals surface area contributed by atoms with Gasteiger partial charge in [0.25, 0.3) is 0 Å². The fourth-order valence-electron chi connectivity index (χ4n) is 2.74. The SMILES string of the molecule is CC1(C)OB([C@@H](N)c2cccc(OCc3ccccc3)c2)OC1(C)C. The van der Waals surface area contributed by atoms with Crippen LogP contribution in [0.1, 0.15) is 44.8 Å². The molecule has 1 aliphatic rings. The summed E-state index contributed by atoms with van der Waals surface area (Å²) in [5, 5.41) is 0. The van der Waals surface area contributed by atoms with E-state index < -0.39 is 18.3 Å².